The van der Waals surface area contributed by atoms with Crippen LogP contribution in [0.2, 0.25) is 0 Å². The number of nitrogens with two attached hydrogens (primary N) is 1. The van der Waals surface area contributed by atoms with Gasteiger partial charge in [0.15, 0.2) is 0 Å². The average Bonchev–Trinajstić information content (AvgIpc) is 2.46. The Kier molecular flexibility index (Phi) is 5.26. The van der Waals surface area contributed by atoms with Crippen molar-refractivity contribution in [3.05, 3.63) is 0 Å². The Hall–Kier alpha value is -0.810. The van der Waals surface area contributed by atoms with Gasteiger partial charge in [0.25, 0.3) is 0 Å². The van der Waals surface area contributed by atoms with Crippen molar-refractivity contribution in [3.8, 4) is 0 Å². The van der Waals surface area contributed by atoms with Crippen LogP contribution in [0.5, 0.6) is 0 Å². The SMILES string of the molecule is NCCOC1CCN(C(=O)N2CCCCC2)CC1. The lowest BCUT2D eigenvalue weighted by Crippen LogP contribution is -2.49. The van der Waals surface area contributed by atoms with Crippen molar-refractivity contribution in [2.24, 2.45) is 5.73 Å². The van der Waals surface area contributed by atoms with Crippen LogP contribution in [0.15, 0.2) is 0 Å². The molecule has 2 aliphatic heterocycles. The second kappa shape index (κ2) is 6.95. The normalized spacial score (nSPS) is 22.3. The smallest absolute Gasteiger partial charge is 0.320 e. The van der Waals surface area contributed by atoms with Crippen LogP contribution in [0, 0.1) is 0 Å². The highest BCUT2D eigenvalue weighted by atomic mass is 16.5. The number of amides is 2. The number of hydrogen-bond donors (Lipinski definition) is 1. The van der Waals surface area contributed by atoms with E-state index in [9.17, 15) is 4.79 Å². The van der Waals surface area contributed by atoms with Crippen molar-refractivity contribution in [1.29, 1.82) is 0 Å². The number of nitrogens with zero attached hydrogens (tertiary/aromatic N) is 2. The molecule has 0 unspecified atom stereocenters. The highest BCUT2D eigenvalue weighted by Gasteiger charge is 2.27. The van der Waals surface area contributed by atoms with Crippen molar-refractivity contribution >= 4 is 6.03 Å². The summed E-state index contributed by atoms with van der Waals surface area (Å²) in [6.45, 7) is 4.72. The van der Waals surface area contributed by atoms with Gasteiger partial charge in [-0.15, -0.1) is 0 Å². The lowest BCUT2D eigenvalue weighted by molar-refractivity contribution is 0.0151. The Morgan fingerprint density at radius 1 is 1.06 bits per heavy atom. The maximum atomic E-state index is 12.3. The van der Waals surface area contributed by atoms with E-state index in [2.05, 4.69) is 0 Å². The number of likely N-dealkylation sites (tertiary alicyclic amines) is 2. The number of urea groups is 1. The molecule has 5 nitrogen and oxygen atoms in total. The van der Waals surface area contributed by atoms with Crippen molar-refractivity contribution < 1.29 is 9.53 Å². The van der Waals surface area contributed by atoms with E-state index in [-0.39, 0.29) is 6.03 Å². The average molecular weight is 255 g/mol. The second-order valence-corrected chi connectivity index (χ2v) is 5.18. The molecule has 2 rings (SSSR count). The molecule has 5 heteroatoms. The summed E-state index contributed by atoms with van der Waals surface area (Å²) in [7, 11) is 0. The number of rotatable bonds is 3. The van der Waals surface area contributed by atoms with E-state index in [1.54, 1.807) is 0 Å². The van der Waals surface area contributed by atoms with E-state index in [0.717, 1.165) is 51.9 Å². The molecule has 0 radical (unpaired) electrons. The second-order valence-electron chi connectivity index (χ2n) is 5.18. The third-order valence-corrected chi connectivity index (χ3v) is 3.81. The molecule has 0 spiro atoms. The molecule has 0 atom stereocenters. The molecule has 2 fully saturated rings. The minimum atomic E-state index is 0.229. The molecule has 0 bridgehead atoms. The van der Waals surface area contributed by atoms with Crippen molar-refractivity contribution in [2.45, 2.75) is 38.2 Å². The number of carbonyl (C=O) groups is 1. The molecular weight excluding hydrogens is 230 g/mol. The van der Waals surface area contributed by atoms with Gasteiger partial charge in [-0.2, -0.15) is 0 Å². The van der Waals surface area contributed by atoms with E-state index in [0.29, 0.717) is 19.3 Å². The number of piperidine rings is 2. The van der Waals surface area contributed by atoms with Gasteiger partial charge >= 0.3 is 6.03 Å². The molecule has 0 aromatic heterocycles. The van der Waals surface area contributed by atoms with Crippen LogP contribution in [-0.4, -0.2) is 61.3 Å². The molecular formula is C13H25N3O2. The van der Waals surface area contributed by atoms with Crippen LogP contribution in [-0.2, 0) is 4.74 Å². The summed E-state index contributed by atoms with van der Waals surface area (Å²) in [4.78, 5) is 16.2. The first-order valence-electron chi connectivity index (χ1n) is 7.17. The monoisotopic (exact) mass is 255 g/mol. The summed E-state index contributed by atoms with van der Waals surface area (Å²) < 4.78 is 5.63. The third kappa shape index (κ3) is 3.59. The first kappa shape index (κ1) is 13.6. The molecule has 104 valence electrons. The largest absolute Gasteiger partial charge is 0.377 e. The maximum absolute atomic E-state index is 12.3. The van der Waals surface area contributed by atoms with Gasteiger partial charge in [-0.05, 0) is 32.1 Å². The Bertz CT molecular complexity index is 259. The predicted molar refractivity (Wildman–Crippen MR) is 70.4 cm³/mol. The number of ether oxygens (including phenoxy) is 1. The third-order valence-electron chi connectivity index (χ3n) is 3.81. The van der Waals surface area contributed by atoms with Crippen LogP contribution >= 0.6 is 0 Å². The molecule has 2 heterocycles. The van der Waals surface area contributed by atoms with E-state index < -0.39 is 0 Å². The molecule has 0 aromatic carbocycles. The molecule has 0 saturated carbocycles. The zero-order valence-corrected chi connectivity index (χ0v) is 11.1. The predicted octanol–water partition coefficient (Wildman–Crippen LogP) is 1.03. The minimum Gasteiger partial charge on any atom is -0.377 e. The first-order chi connectivity index (χ1) is 8.81. The summed E-state index contributed by atoms with van der Waals surface area (Å²) in [5, 5.41) is 0. The Balaban J connectivity index is 1.73. The first-order valence-corrected chi connectivity index (χ1v) is 7.17. The molecule has 2 N–H and O–H groups in total. The fraction of sp³-hybridized carbons (Fsp3) is 0.923. The van der Waals surface area contributed by atoms with Crippen LogP contribution in [0.25, 0.3) is 0 Å². The van der Waals surface area contributed by atoms with Crippen molar-refractivity contribution in [1.82, 2.24) is 9.80 Å². The van der Waals surface area contributed by atoms with E-state index >= 15 is 0 Å². The molecule has 2 aliphatic rings. The molecule has 2 saturated heterocycles. The zero-order chi connectivity index (χ0) is 12.8. The molecule has 0 aromatic rings. The van der Waals surface area contributed by atoms with Gasteiger partial charge in [-0.1, -0.05) is 0 Å². The highest BCUT2D eigenvalue weighted by molar-refractivity contribution is 5.74. The number of hydrogen-bond acceptors (Lipinski definition) is 3. The maximum Gasteiger partial charge on any atom is 0.320 e. The lowest BCUT2D eigenvalue weighted by Gasteiger charge is -2.37. The summed E-state index contributed by atoms with van der Waals surface area (Å²) >= 11 is 0. The van der Waals surface area contributed by atoms with Gasteiger partial charge in [-0.25, -0.2) is 4.79 Å². The van der Waals surface area contributed by atoms with Gasteiger partial charge in [0.1, 0.15) is 0 Å². The van der Waals surface area contributed by atoms with Gasteiger partial charge in [0.2, 0.25) is 0 Å². The summed E-state index contributed by atoms with van der Waals surface area (Å²) in [6, 6.07) is 0.229. The topological polar surface area (TPSA) is 58.8 Å². The summed E-state index contributed by atoms with van der Waals surface area (Å²) in [6.07, 6.45) is 5.75. The van der Waals surface area contributed by atoms with Gasteiger partial charge in [0.05, 0.1) is 12.7 Å². The molecule has 18 heavy (non-hydrogen) atoms. The van der Waals surface area contributed by atoms with E-state index in [1.165, 1.54) is 6.42 Å². The van der Waals surface area contributed by atoms with Crippen LogP contribution < -0.4 is 5.73 Å². The highest BCUT2D eigenvalue weighted by Crippen LogP contribution is 2.17. The summed E-state index contributed by atoms with van der Waals surface area (Å²) in [5.74, 6) is 0. The standard InChI is InChI=1S/C13H25N3O2/c14-6-11-18-12-4-9-16(10-5-12)13(17)15-7-2-1-3-8-15/h12H,1-11,14H2. The quantitative estimate of drug-likeness (QED) is 0.819. The zero-order valence-electron chi connectivity index (χ0n) is 11.1. The van der Waals surface area contributed by atoms with Crippen LogP contribution in [0.3, 0.4) is 0 Å². The Morgan fingerprint density at radius 3 is 2.28 bits per heavy atom. The van der Waals surface area contributed by atoms with E-state index in [4.69, 9.17) is 10.5 Å². The van der Waals surface area contributed by atoms with E-state index in [1.807, 2.05) is 9.80 Å². The fourth-order valence-electron chi connectivity index (χ4n) is 2.73. The molecule has 2 amide bonds. The minimum absolute atomic E-state index is 0.229. The van der Waals surface area contributed by atoms with Gasteiger partial charge < -0.3 is 20.3 Å². The summed E-state index contributed by atoms with van der Waals surface area (Å²) in [5.41, 5.74) is 5.42. The van der Waals surface area contributed by atoms with Crippen LogP contribution in [0.1, 0.15) is 32.1 Å². The Labute approximate surface area is 109 Å². The number of carbonyl (C=O) groups excluding carboxylic acids is 1. The Morgan fingerprint density at radius 2 is 1.67 bits per heavy atom. The fourth-order valence-corrected chi connectivity index (χ4v) is 2.73. The van der Waals surface area contributed by atoms with Crippen molar-refractivity contribution in [2.75, 3.05) is 39.3 Å². The van der Waals surface area contributed by atoms with Gasteiger partial charge in [0, 0.05) is 32.7 Å². The lowest BCUT2D eigenvalue weighted by atomic mass is 10.1. The van der Waals surface area contributed by atoms with Crippen LogP contribution in [0.4, 0.5) is 4.79 Å². The van der Waals surface area contributed by atoms with Crippen molar-refractivity contribution in [3.63, 3.8) is 0 Å². The molecule has 0 aliphatic carbocycles. The van der Waals surface area contributed by atoms with Gasteiger partial charge in [-0.3, -0.25) is 0 Å².